The number of hydrogen-bond acceptors (Lipinski definition) is 5. The average molecular weight is 286 g/mol. The highest BCUT2D eigenvalue weighted by atomic mass is 16.5. The summed E-state index contributed by atoms with van der Waals surface area (Å²) in [4.78, 5) is 27.1. The van der Waals surface area contributed by atoms with Gasteiger partial charge in [-0.3, -0.25) is 0 Å². The summed E-state index contributed by atoms with van der Waals surface area (Å²) in [7, 11) is 1.25. The van der Waals surface area contributed by atoms with Crippen molar-refractivity contribution in [2.75, 3.05) is 12.4 Å². The van der Waals surface area contributed by atoms with Crippen molar-refractivity contribution in [3.63, 3.8) is 0 Å². The third-order valence-corrected chi connectivity index (χ3v) is 2.87. The molecule has 0 radical (unpaired) electrons. The quantitative estimate of drug-likeness (QED) is 0.818. The molecule has 108 valence electrons. The van der Waals surface area contributed by atoms with E-state index < -0.39 is 18.0 Å². The minimum absolute atomic E-state index is 0.167. The Balaban J connectivity index is 2.35. The van der Waals surface area contributed by atoms with Gasteiger partial charge >= 0.3 is 11.9 Å². The van der Waals surface area contributed by atoms with Gasteiger partial charge in [0.25, 0.3) is 0 Å². The number of methoxy groups -OCH3 is 1. The average Bonchev–Trinajstić information content (AvgIpc) is 2.52. The topological polar surface area (TPSA) is 88.5 Å². The maximum absolute atomic E-state index is 11.7. The van der Waals surface area contributed by atoms with Crippen LogP contribution < -0.4 is 5.32 Å². The molecule has 0 saturated carbocycles. The minimum atomic E-state index is -1.07. The molecule has 2 rings (SSSR count). The van der Waals surface area contributed by atoms with Gasteiger partial charge in [0.1, 0.15) is 11.4 Å². The number of esters is 1. The number of nitrogens with one attached hydrogen (secondary N) is 1. The smallest absolute Gasteiger partial charge is 0.341 e. The third kappa shape index (κ3) is 3.36. The number of aliphatic carboxylic acids is 1. The van der Waals surface area contributed by atoms with Gasteiger partial charge in [0.2, 0.25) is 0 Å². The summed E-state index contributed by atoms with van der Waals surface area (Å²) in [6.07, 6.45) is 1.47. The van der Waals surface area contributed by atoms with E-state index in [1.165, 1.54) is 19.4 Å². The summed E-state index contributed by atoms with van der Waals surface area (Å²) in [5.74, 6) is -1.48. The summed E-state index contributed by atoms with van der Waals surface area (Å²) in [6.45, 7) is 0. The maximum Gasteiger partial charge on any atom is 0.341 e. The van der Waals surface area contributed by atoms with Gasteiger partial charge in [-0.05, 0) is 17.7 Å². The second-order valence-corrected chi connectivity index (χ2v) is 4.22. The zero-order valence-corrected chi connectivity index (χ0v) is 11.3. The number of carbonyl (C=O) groups is 2. The Labute approximate surface area is 121 Å². The van der Waals surface area contributed by atoms with Crippen LogP contribution in [0, 0.1) is 0 Å². The second-order valence-electron chi connectivity index (χ2n) is 4.22. The van der Waals surface area contributed by atoms with Crippen LogP contribution in [-0.2, 0) is 9.53 Å². The largest absolute Gasteiger partial charge is 0.479 e. The lowest BCUT2D eigenvalue weighted by molar-refractivity contribution is -0.138. The van der Waals surface area contributed by atoms with Crippen LogP contribution in [-0.4, -0.2) is 29.1 Å². The zero-order valence-electron chi connectivity index (χ0n) is 11.3. The number of rotatable bonds is 5. The zero-order chi connectivity index (χ0) is 15.2. The first-order chi connectivity index (χ1) is 10.1. The molecule has 0 bridgehead atoms. The number of benzene rings is 1. The van der Waals surface area contributed by atoms with Gasteiger partial charge in [-0.1, -0.05) is 30.3 Å². The predicted molar refractivity (Wildman–Crippen MR) is 76.0 cm³/mol. The van der Waals surface area contributed by atoms with E-state index in [1.54, 1.807) is 36.4 Å². The van der Waals surface area contributed by atoms with Gasteiger partial charge in [0.05, 0.1) is 7.11 Å². The Kier molecular flexibility index (Phi) is 4.50. The molecule has 21 heavy (non-hydrogen) atoms. The molecule has 1 aromatic heterocycles. The first kappa shape index (κ1) is 14.5. The molecule has 6 nitrogen and oxygen atoms in total. The Bertz CT molecular complexity index is 643. The van der Waals surface area contributed by atoms with E-state index >= 15 is 0 Å². The van der Waals surface area contributed by atoms with Crippen LogP contribution in [0.2, 0.25) is 0 Å². The van der Waals surface area contributed by atoms with Crippen molar-refractivity contribution in [3.8, 4) is 0 Å². The molecule has 2 N–H and O–H groups in total. The van der Waals surface area contributed by atoms with Gasteiger partial charge in [-0.25, -0.2) is 14.6 Å². The Morgan fingerprint density at radius 1 is 1.19 bits per heavy atom. The Morgan fingerprint density at radius 3 is 2.52 bits per heavy atom. The maximum atomic E-state index is 11.7. The Hall–Kier alpha value is -2.89. The summed E-state index contributed by atoms with van der Waals surface area (Å²) in [6, 6.07) is 10.7. The predicted octanol–water partition coefficient (Wildman–Crippen LogP) is 2.11. The van der Waals surface area contributed by atoms with E-state index in [9.17, 15) is 14.7 Å². The summed E-state index contributed by atoms with van der Waals surface area (Å²) >= 11 is 0. The first-order valence-electron chi connectivity index (χ1n) is 6.21. The fourth-order valence-electron chi connectivity index (χ4n) is 1.86. The molecule has 1 heterocycles. The van der Waals surface area contributed by atoms with Gasteiger partial charge in [0.15, 0.2) is 6.04 Å². The lowest BCUT2D eigenvalue weighted by Gasteiger charge is -2.17. The lowest BCUT2D eigenvalue weighted by Crippen LogP contribution is -2.22. The van der Waals surface area contributed by atoms with Crippen molar-refractivity contribution in [2.45, 2.75) is 6.04 Å². The molecule has 0 fully saturated rings. The molecule has 0 saturated heterocycles. The third-order valence-electron chi connectivity index (χ3n) is 2.87. The van der Waals surface area contributed by atoms with Crippen LogP contribution in [0.4, 0.5) is 5.82 Å². The van der Waals surface area contributed by atoms with Crippen molar-refractivity contribution in [1.82, 2.24) is 4.98 Å². The lowest BCUT2D eigenvalue weighted by atomic mass is 10.1. The van der Waals surface area contributed by atoms with E-state index in [1.807, 2.05) is 0 Å². The van der Waals surface area contributed by atoms with Crippen molar-refractivity contribution in [1.29, 1.82) is 0 Å². The molecule has 0 aliphatic heterocycles. The van der Waals surface area contributed by atoms with E-state index in [2.05, 4.69) is 15.0 Å². The number of carboxylic acid groups (broad SMARTS) is 1. The van der Waals surface area contributed by atoms with Crippen LogP contribution in [0.3, 0.4) is 0 Å². The monoisotopic (exact) mass is 286 g/mol. The molecule has 1 unspecified atom stereocenters. The molecule has 0 amide bonds. The van der Waals surface area contributed by atoms with Crippen LogP contribution in [0.5, 0.6) is 0 Å². The number of nitrogens with zero attached hydrogens (tertiary/aromatic N) is 1. The molecule has 1 aromatic carbocycles. The number of ether oxygens (including phenoxy) is 1. The van der Waals surface area contributed by atoms with Crippen LogP contribution in [0.1, 0.15) is 22.0 Å². The molecule has 1 atom stereocenters. The highest BCUT2D eigenvalue weighted by Gasteiger charge is 2.22. The summed E-state index contributed by atoms with van der Waals surface area (Å²) in [5.41, 5.74) is 0.744. The molecular weight excluding hydrogens is 272 g/mol. The number of aromatic nitrogens is 1. The normalized spacial score (nSPS) is 11.5. The highest BCUT2D eigenvalue weighted by molar-refractivity contribution is 5.95. The molecule has 2 aromatic rings. The Morgan fingerprint density at radius 2 is 1.90 bits per heavy atom. The SMILES string of the molecule is COC(=O)c1cccnc1NC(C(=O)O)c1ccccc1. The van der Waals surface area contributed by atoms with Crippen molar-refractivity contribution >= 4 is 17.8 Å². The van der Waals surface area contributed by atoms with Gasteiger partial charge in [-0.15, -0.1) is 0 Å². The number of carbonyl (C=O) groups excluding carboxylic acids is 1. The van der Waals surface area contributed by atoms with Crippen LogP contribution in [0.25, 0.3) is 0 Å². The molecule has 0 aliphatic carbocycles. The van der Waals surface area contributed by atoms with Crippen molar-refractivity contribution < 1.29 is 19.4 Å². The number of anilines is 1. The molecule has 0 spiro atoms. The standard InChI is InChI=1S/C15H14N2O4/c1-21-15(20)11-8-5-9-16-13(11)17-12(14(18)19)10-6-3-2-4-7-10/h2-9,12H,1H3,(H,16,17)(H,18,19). The van der Waals surface area contributed by atoms with Crippen molar-refractivity contribution in [2.24, 2.45) is 0 Å². The van der Waals surface area contributed by atoms with Gasteiger partial charge in [0, 0.05) is 6.20 Å². The van der Waals surface area contributed by atoms with E-state index in [0.29, 0.717) is 5.56 Å². The number of carboxylic acids is 1. The van der Waals surface area contributed by atoms with Crippen molar-refractivity contribution in [3.05, 3.63) is 59.8 Å². The first-order valence-corrected chi connectivity index (χ1v) is 6.21. The number of pyridine rings is 1. The number of hydrogen-bond donors (Lipinski definition) is 2. The molecular formula is C15H14N2O4. The van der Waals surface area contributed by atoms with Gasteiger partial charge < -0.3 is 15.2 Å². The summed E-state index contributed by atoms with van der Waals surface area (Å²) < 4.78 is 4.66. The molecule has 6 heteroatoms. The minimum Gasteiger partial charge on any atom is -0.479 e. The van der Waals surface area contributed by atoms with Crippen LogP contribution >= 0.6 is 0 Å². The highest BCUT2D eigenvalue weighted by Crippen LogP contribution is 2.21. The van der Waals surface area contributed by atoms with E-state index in [-0.39, 0.29) is 11.4 Å². The molecule has 0 aliphatic rings. The fourth-order valence-corrected chi connectivity index (χ4v) is 1.86. The van der Waals surface area contributed by atoms with Crippen LogP contribution in [0.15, 0.2) is 48.7 Å². The summed E-state index contributed by atoms with van der Waals surface area (Å²) in [5, 5.41) is 12.1. The second kappa shape index (κ2) is 6.51. The van der Waals surface area contributed by atoms with E-state index in [4.69, 9.17) is 0 Å². The fraction of sp³-hybridized carbons (Fsp3) is 0.133. The van der Waals surface area contributed by atoms with E-state index in [0.717, 1.165) is 0 Å². The van der Waals surface area contributed by atoms with Gasteiger partial charge in [-0.2, -0.15) is 0 Å².